The van der Waals surface area contributed by atoms with E-state index in [1.54, 1.807) is 25.1 Å². The number of amides is 1. The molecule has 2 aromatic carbocycles. The minimum atomic E-state index is -0.756. The predicted octanol–water partition coefficient (Wildman–Crippen LogP) is 3.16. The summed E-state index contributed by atoms with van der Waals surface area (Å²) >= 11 is 0. The number of nitrogens with one attached hydrogen (secondary N) is 1. The van der Waals surface area contributed by atoms with Gasteiger partial charge < -0.3 is 14.8 Å². The fourth-order valence-corrected chi connectivity index (χ4v) is 1.86. The molecule has 0 fully saturated rings. The molecule has 0 bridgehead atoms. The minimum Gasteiger partial charge on any atom is -0.484 e. The van der Waals surface area contributed by atoms with Crippen molar-refractivity contribution in [3.8, 4) is 5.75 Å². The second-order valence-electron chi connectivity index (χ2n) is 4.71. The zero-order valence-electron chi connectivity index (χ0n) is 12.8. The van der Waals surface area contributed by atoms with Gasteiger partial charge in [-0.15, -0.1) is 0 Å². The zero-order chi connectivity index (χ0) is 17.5. The summed E-state index contributed by atoms with van der Waals surface area (Å²) in [7, 11) is 0. The number of esters is 1. The van der Waals surface area contributed by atoms with Crippen molar-refractivity contribution in [2.45, 2.75) is 6.92 Å². The van der Waals surface area contributed by atoms with Gasteiger partial charge in [-0.05, 0) is 37.3 Å². The molecule has 0 spiro atoms. The molecule has 0 aliphatic heterocycles. The van der Waals surface area contributed by atoms with Crippen LogP contribution in [0.2, 0.25) is 0 Å². The Morgan fingerprint density at radius 1 is 1.12 bits per heavy atom. The van der Waals surface area contributed by atoms with Crippen LogP contribution in [0.25, 0.3) is 0 Å². The van der Waals surface area contributed by atoms with Crippen LogP contribution < -0.4 is 10.1 Å². The molecule has 24 heavy (non-hydrogen) atoms. The smallest absolute Gasteiger partial charge is 0.338 e. The van der Waals surface area contributed by atoms with Crippen molar-refractivity contribution in [2.24, 2.45) is 0 Å². The number of halogens is 2. The molecule has 0 saturated heterocycles. The first-order chi connectivity index (χ1) is 11.5. The van der Waals surface area contributed by atoms with Crippen molar-refractivity contribution in [1.29, 1.82) is 0 Å². The minimum absolute atomic E-state index is 0.242. The van der Waals surface area contributed by atoms with Crippen molar-refractivity contribution >= 4 is 17.6 Å². The maximum absolute atomic E-state index is 13.4. The Morgan fingerprint density at radius 2 is 1.92 bits per heavy atom. The number of carbonyl (C=O) groups is 2. The highest BCUT2D eigenvalue weighted by Gasteiger charge is 2.11. The maximum Gasteiger partial charge on any atom is 0.338 e. The molecule has 1 N–H and O–H groups in total. The third kappa shape index (κ3) is 4.77. The fourth-order valence-electron chi connectivity index (χ4n) is 1.86. The van der Waals surface area contributed by atoms with Gasteiger partial charge in [-0.1, -0.05) is 6.07 Å². The molecule has 1 amide bonds. The van der Waals surface area contributed by atoms with Crippen LogP contribution in [0.15, 0.2) is 42.5 Å². The standard InChI is InChI=1S/C17H15F2NO4/c1-2-23-17(22)11-4-3-5-13(8-11)24-10-16(21)20-15-9-12(18)6-7-14(15)19/h3-9H,2,10H2,1H3,(H,20,21). The van der Waals surface area contributed by atoms with Gasteiger partial charge in [0.05, 0.1) is 17.9 Å². The van der Waals surface area contributed by atoms with E-state index in [0.717, 1.165) is 18.2 Å². The van der Waals surface area contributed by atoms with Crippen LogP contribution in [0, 0.1) is 11.6 Å². The molecule has 0 heterocycles. The topological polar surface area (TPSA) is 64.6 Å². The number of hydrogen-bond acceptors (Lipinski definition) is 4. The van der Waals surface area contributed by atoms with Crippen molar-refractivity contribution < 1.29 is 27.8 Å². The summed E-state index contributed by atoms with van der Waals surface area (Å²) in [6, 6.07) is 8.83. The second-order valence-corrected chi connectivity index (χ2v) is 4.71. The highest BCUT2D eigenvalue weighted by atomic mass is 19.1. The largest absolute Gasteiger partial charge is 0.484 e. The van der Waals surface area contributed by atoms with Gasteiger partial charge in [-0.25, -0.2) is 13.6 Å². The number of anilines is 1. The maximum atomic E-state index is 13.4. The number of ether oxygens (including phenoxy) is 2. The van der Waals surface area contributed by atoms with E-state index in [9.17, 15) is 18.4 Å². The average Bonchev–Trinajstić information content (AvgIpc) is 2.57. The lowest BCUT2D eigenvalue weighted by Crippen LogP contribution is -2.21. The summed E-state index contributed by atoms with van der Waals surface area (Å²) < 4.78 is 36.6. The molecule has 0 saturated carbocycles. The third-order valence-electron chi connectivity index (χ3n) is 2.92. The molecule has 126 valence electrons. The van der Waals surface area contributed by atoms with Gasteiger partial charge in [0.2, 0.25) is 0 Å². The first-order valence-corrected chi connectivity index (χ1v) is 7.14. The lowest BCUT2D eigenvalue weighted by molar-refractivity contribution is -0.118. The first-order valence-electron chi connectivity index (χ1n) is 7.14. The van der Waals surface area contributed by atoms with Gasteiger partial charge >= 0.3 is 5.97 Å². The molecule has 0 radical (unpaired) electrons. The number of carbonyl (C=O) groups excluding carboxylic acids is 2. The van der Waals surface area contributed by atoms with E-state index >= 15 is 0 Å². The van der Waals surface area contributed by atoms with Crippen molar-refractivity contribution in [1.82, 2.24) is 0 Å². The van der Waals surface area contributed by atoms with Crippen LogP contribution in [0.4, 0.5) is 14.5 Å². The summed E-state index contributed by atoms with van der Waals surface area (Å²) in [6.45, 7) is 1.50. The van der Waals surface area contributed by atoms with Gasteiger partial charge in [0.1, 0.15) is 17.4 Å². The molecule has 2 aromatic rings. The summed E-state index contributed by atoms with van der Waals surface area (Å²) in [5, 5.41) is 2.21. The normalized spacial score (nSPS) is 10.1. The molecule has 7 heteroatoms. The monoisotopic (exact) mass is 335 g/mol. The summed E-state index contributed by atoms with van der Waals surface area (Å²) in [4.78, 5) is 23.4. The van der Waals surface area contributed by atoms with Crippen LogP contribution in [0.1, 0.15) is 17.3 Å². The van der Waals surface area contributed by atoms with Gasteiger partial charge in [0, 0.05) is 6.07 Å². The molecule has 0 aliphatic carbocycles. The Morgan fingerprint density at radius 3 is 2.67 bits per heavy atom. The van der Waals surface area contributed by atoms with Gasteiger partial charge in [0.15, 0.2) is 6.61 Å². The van der Waals surface area contributed by atoms with E-state index in [-0.39, 0.29) is 23.6 Å². The van der Waals surface area contributed by atoms with Crippen LogP contribution in [-0.4, -0.2) is 25.1 Å². The van der Waals surface area contributed by atoms with Gasteiger partial charge in [0.25, 0.3) is 5.91 Å². The molecule has 0 unspecified atom stereocenters. The van der Waals surface area contributed by atoms with E-state index < -0.39 is 30.1 Å². The molecule has 0 aliphatic rings. The van der Waals surface area contributed by atoms with E-state index in [0.29, 0.717) is 0 Å². The molecule has 2 rings (SSSR count). The molecular formula is C17H15F2NO4. The third-order valence-corrected chi connectivity index (χ3v) is 2.92. The Labute approximate surface area is 137 Å². The Bertz CT molecular complexity index is 749. The molecular weight excluding hydrogens is 320 g/mol. The van der Waals surface area contributed by atoms with Crippen LogP contribution in [0.5, 0.6) is 5.75 Å². The number of rotatable bonds is 6. The van der Waals surface area contributed by atoms with Gasteiger partial charge in [-0.3, -0.25) is 4.79 Å². The van der Waals surface area contributed by atoms with Crippen LogP contribution in [0.3, 0.4) is 0 Å². The quantitative estimate of drug-likeness (QED) is 0.824. The van der Waals surface area contributed by atoms with Crippen LogP contribution >= 0.6 is 0 Å². The van der Waals surface area contributed by atoms with Crippen molar-refractivity contribution in [3.63, 3.8) is 0 Å². The summed E-state index contributed by atoms with van der Waals surface area (Å²) in [5.74, 6) is -2.32. The lowest BCUT2D eigenvalue weighted by atomic mass is 10.2. The summed E-state index contributed by atoms with van der Waals surface area (Å²) in [5.41, 5.74) is 0.00908. The van der Waals surface area contributed by atoms with Crippen molar-refractivity contribution in [2.75, 3.05) is 18.5 Å². The van der Waals surface area contributed by atoms with E-state index in [1.165, 1.54) is 6.07 Å². The lowest BCUT2D eigenvalue weighted by Gasteiger charge is -2.09. The molecule has 0 aromatic heterocycles. The van der Waals surface area contributed by atoms with E-state index in [1.807, 2.05) is 0 Å². The number of hydrogen-bond donors (Lipinski definition) is 1. The number of benzene rings is 2. The van der Waals surface area contributed by atoms with Crippen molar-refractivity contribution in [3.05, 3.63) is 59.7 Å². The highest BCUT2D eigenvalue weighted by molar-refractivity contribution is 5.92. The zero-order valence-corrected chi connectivity index (χ0v) is 12.8. The Kier molecular flexibility index (Phi) is 5.83. The first kappa shape index (κ1) is 17.4. The fraction of sp³-hybridized carbons (Fsp3) is 0.176. The van der Waals surface area contributed by atoms with E-state index in [4.69, 9.17) is 9.47 Å². The second kappa shape index (κ2) is 8.05. The molecule has 0 atom stereocenters. The SMILES string of the molecule is CCOC(=O)c1cccc(OCC(=O)Nc2cc(F)ccc2F)c1. The highest BCUT2D eigenvalue weighted by Crippen LogP contribution is 2.16. The van der Waals surface area contributed by atoms with E-state index in [2.05, 4.69) is 5.32 Å². The molecule has 5 nitrogen and oxygen atoms in total. The van der Waals surface area contributed by atoms with Crippen LogP contribution in [-0.2, 0) is 9.53 Å². The Hall–Kier alpha value is -2.96. The Balaban J connectivity index is 1.95. The predicted molar refractivity (Wildman–Crippen MR) is 82.9 cm³/mol. The van der Waals surface area contributed by atoms with Gasteiger partial charge in [-0.2, -0.15) is 0 Å². The average molecular weight is 335 g/mol. The summed E-state index contributed by atoms with van der Waals surface area (Å²) in [6.07, 6.45) is 0.